The number of rotatable bonds is 6. The van der Waals surface area contributed by atoms with Crippen LogP contribution in [0, 0.1) is 0 Å². The maximum Gasteiger partial charge on any atom is 0.300 e. The Balaban J connectivity index is 1.57. The zero-order valence-corrected chi connectivity index (χ0v) is 22.4. The molecule has 0 radical (unpaired) electrons. The van der Waals surface area contributed by atoms with Gasteiger partial charge < -0.3 is 24.7 Å². The zero-order valence-electron chi connectivity index (χ0n) is 22.4. The number of aliphatic hydroxyl groups excluding tert-OH is 1. The third kappa shape index (κ3) is 5.33. The molecule has 202 valence electrons. The number of carbonyl (C=O) groups excluding carboxylic acids is 2. The molecule has 1 unspecified atom stereocenters. The van der Waals surface area contributed by atoms with E-state index in [0.717, 1.165) is 31.9 Å². The molecule has 0 aliphatic carbocycles. The van der Waals surface area contributed by atoms with Gasteiger partial charge in [-0.25, -0.2) is 0 Å². The summed E-state index contributed by atoms with van der Waals surface area (Å²) in [6, 6.07) is 19.9. The number of benzene rings is 3. The zero-order chi connectivity index (χ0) is 27.7. The molecule has 5 rings (SSSR count). The van der Waals surface area contributed by atoms with Crippen LogP contribution in [0.1, 0.15) is 31.0 Å². The van der Waals surface area contributed by atoms with Crippen LogP contribution in [0.15, 0.2) is 78.4 Å². The van der Waals surface area contributed by atoms with Gasteiger partial charge in [0.05, 0.1) is 17.7 Å². The fourth-order valence-corrected chi connectivity index (χ4v) is 5.10. The van der Waals surface area contributed by atoms with E-state index < -0.39 is 17.7 Å². The molecule has 8 heteroatoms. The molecule has 8 nitrogen and oxygen atoms in total. The standard InChI is InChI=1S/C31H33N3O5/c1-20(2)39-26-6-4-5-22(19-26)29(36)27-28(21-7-13-25(35)14-8-21)34(31(38)30(27)37)24-11-9-23(10-12-24)33-17-15-32(3)16-18-33/h4-14,19-20,28,35-36H,15-18H2,1-3H3/b29-27+. The van der Waals surface area contributed by atoms with Gasteiger partial charge in [-0.1, -0.05) is 24.3 Å². The Morgan fingerprint density at radius 3 is 2.18 bits per heavy atom. The van der Waals surface area contributed by atoms with Crippen LogP contribution in [0.5, 0.6) is 11.5 Å². The lowest BCUT2D eigenvalue weighted by Gasteiger charge is -2.34. The lowest BCUT2D eigenvalue weighted by molar-refractivity contribution is -0.132. The molecule has 0 bridgehead atoms. The summed E-state index contributed by atoms with van der Waals surface area (Å²) in [5.41, 5.74) is 2.54. The molecule has 2 saturated heterocycles. The number of aromatic hydroxyl groups is 1. The van der Waals surface area contributed by atoms with Gasteiger partial charge >= 0.3 is 0 Å². The second-order valence-corrected chi connectivity index (χ2v) is 10.3. The average molecular weight is 528 g/mol. The predicted molar refractivity (Wildman–Crippen MR) is 151 cm³/mol. The van der Waals surface area contributed by atoms with Crippen molar-refractivity contribution in [2.24, 2.45) is 0 Å². The first-order chi connectivity index (χ1) is 18.7. The van der Waals surface area contributed by atoms with E-state index in [-0.39, 0.29) is 23.2 Å². The molecule has 1 atom stereocenters. The minimum absolute atomic E-state index is 0.0180. The Kier molecular flexibility index (Phi) is 7.30. The number of nitrogens with zero attached hydrogens (tertiary/aromatic N) is 3. The van der Waals surface area contributed by atoms with Gasteiger partial charge in [0.2, 0.25) is 0 Å². The Labute approximate surface area is 228 Å². The van der Waals surface area contributed by atoms with Crippen molar-refractivity contribution in [1.29, 1.82) is 0 Å². The number of hydrogen-bond donors (Lipinski definition) is 2. The number of piperazine rings is 1. The van der Waals surface area contributed by atoms with Crippen molar-refractivity contribution in [2.45, 2.75) is 26.0 Å². The molecular weight excluding hydrogens is 494 g/mol. The Morgan fingerprint density at radius 1 is 0.897 bits per heavy atom. The Bertz CT molecular complexity index is 1390. The first-order valence-electron chi connectivity index (χ1n) is 13.1. The van der Waals surface area contributed by atoms with Crippen LogP contribution < -0.4 is 14.5 Å². The summed E-state index contributed by atoms with van der Waals surface area (Å²) in [5.74, 6) is -1.17. The lowest BCUT2D eigenvalue weighted by atomic mass is 9.95. The van der Waals surface area contributed by atoms with Crippen LogP contribution in [0.3, 0.4) is 0 Å². The number of ketones is 1. The minimum atomic E-state index is -0.880. The molecular formula is C31H33N3O5. The summed E-state index contributed by atoms with van der Waals surface area (Å²) in [4.78, 5) is 32.9. The van der Waals surface area contributed by atoms with Gasteiger partial charge in [0.1, 0.15) is 17.3 Å². The van der Waals surface area contributed by atoms with Crippen molar-refractivity contribution < 1.29 is 24.5 Å². The van der Waals surface area contributed by atoms with E-state index >= 15 is 0 Å². The molecule has 0 spiro atoms. The smallest absolute Gasteiger partial charge is 0.300 e. The van der Waals surface area contributed by atoms with Crippen LogP contribution in [-0.4, -0.2) is 66.1 Å². The maximum atomic E-state index is 13.5. The van der Waals surface area contributed by atoms with Crippen molar-refractivity contribution in [3.05, 3.63) is 89.5 Å². The van der Waals surface area contributed by atoms with E-state index in [9.17, 15) is 19.8 Å². The van der Waals surface area contributed by atoms with Crippen molar-refractivity contribution in [1.82, 2.24) is 4.90 Å². The van der Waals surface area contributed by atoms with Crippen LogP contribution in [-0.2, 0) is 9.59 Å². The fourth-order valence-electron chi connectivity index (χ4n) is 5.10. The molecule has 39 heavy (non-hydrogen) atoms. The van der Waals surface area contributed by atoms with Crippen molar-refractivity contribution in [3.63, 3.8) is 0 Å². The first kappa shape index (κ1) is 26.3. The number of Topliss-reactive ketones (excluding diaryl/α,β-unsaturated/α-hetero) is 1. The molecule has 2 N–H and O–H groups in total. The van der Waals surface area contributed by atoms with Gasteiger partial charge in [0.15, 0.2) is 0 Å². The fraction of sp³-hybridized carbons (Fsp3) is 0.290. The van der Waals surface area contributed by atoms with Crippen LogP contribution in [0.25, 0.3) is 5.76 Å². The molecule has 3 aromatic carbocycles. The topological polar surface area (TPSA) is 93.5 Å². The average Bonchev–Trinajstić information content (AvgIpc) is 3.19. The quantitative estimate of drug-likeness (QED) is 0.276. The van der Waals surface area contributed by atoms with Gasteiger partial charge in [0.25, 0.3) is 11.7 Å². The van der Waals surface area contributed by atoms with E-state index in [1.807, 2.05) is 38.1 Å². The minimum Gasteiger partial charge on any atom is -0.508 e. The van der Waals surface area contributed by atoms with Gasteiger partial charge in [-0.3, -0.25) is 14.5 Å². The molecule has 3 aromatic rings. The highest BCUT2D eigenvalue weighted by molar-refractivity contribution is 6.51. The van der Waals surface area contributed by atoms with Gasteiger partial charge in [-0.15, -0.1) is 0 Å². The third-order valence-electron chi connectivity index (χ3n) is 7.13. The molecule has 0 aromatic heterocycles. The first-order valence-corrected chi connectivity index (χ1v) is 13.1. The number of phenolic OH excluding ortho intramolecular Hbond substituents is 1. The molecule has 1 amide bonds. The number of anilines is 2. The second kappa shape index (κ2) is 10.8. The molecule has 0 saturated carbocycles. The third-order valence-corrected chi connectivity index (χ3v) is 7.13. The van der Waals surface area contributed by atoms with Crippen molar-refractivity contribution >= 4 is 28.8 Å². The van der Waals surface area contributed by atoms with Crippen molar-refractivity contribution in [2.75, 3.05) is 43.0 Å². The number of likely N-dealkylation sites (N-methyl/N-ethyl adjacent to an activating group) is 1. The van der Waals surface area contributed by atoms with Gasteiger partial charge in [-0.05, 0) is 75.0 Å². The second-order valence-electron chi connectivity index (χ2n) is 10.3. The highest BCUT2D eigenvalue weighted by Crippen LogP contribution is 2.43. The summed E-state index contributed by atoms with van der Waals surface area (Å²) in [6.45, 7) is 7.57. The number of ether oxygens (including phenoxy) is 1. The SMILES string of the molecule is CC(C)Oc1cccc(/C(O)=C2\C(=O)C(=O)N(c3ccc(N4CCN(C)CC4)cc3)C2c2ccc(O)cc2)c1. The van der Waals surface area contributed by atoms with Gasteiger partial charge in [-0.2, -0.15) is 0 Å². The van der Waals surface area contributed by atoms with E-state index in [1.165, 1.54) is 17.0 Å². The van der Waals surface area contributed by atoms with E-state index in [0.29, 0.717) is 22.6 Å². The van der Waals surface area contributed by atoms with Crippen molar-refractivity contribution in [3.8, 4) is 11.5 Å². The molecule has 2 fully saturated rings. The molecule has 2 heterocycles. The largest absolute Gasteiger partial charge is 0.508 e. The number of carbonyl (C=O) groups is 2. The number of amides is 1. The van der Waals surface area contributed by atoms with Crippen LogP contribution in [0.2, 0.25) is 0 Å². The number of aliphatic hydroxyl groups is 1. The van der Waals surface area contributed by atoms with Crippen LogP contribution in [0.4, 0.5) is 11.4 Å². The highest BCUT2D eigenvalue weighted by atomic mass is 16.5. The monoisotopic (exact) mass is 527 g/mol. The highest BCUT2D eigenvalue weighted by Gasteiger charge is 2.47. The maximum absolute atomic E-state index is 13.5. The number of phenols is 1. The lowest BCUT2D eigenvalue weighted by Crippen LogP contribution is -2.44. The summed E-state index contributed by atoms with van der Waals surface area (Å²) in [6.07, 6.45) is -0.0706. The van der Waals surface area contributed by atoms with E-state index in [4.69, 9.17) is 4.74 Å². The summed E-state index contributed by atoms with van der Waals surface area (Å²) < 4.78 is 5.77. The molecule has 2 aliphatic heterocycles. The summed E-state index contributed by atoms with van der Waals surface area (Å²) >= 11 is 0. The normalized spacial score (nSPS) is 19.6. The number of hydrogen-bond acceptors (Lipinski definition) is 7. The predicted octanol–water partition coefficient (Wildman–Crippen LogP) is 4.56. The summed E-state index contributed by atoms with van der Waals surface area (Å²) in [7, 11) is 2.11. The molecule has 2 aliphatic rings. The Hall–Kier alpha value is -4.30. The van der Waals surface area contributed by atoms with Gasteiger partial charge in [0, 0.05) is 43.1 Å². The van der Waals surface area contributed by atoms with E-state index in [1.54, 1.807) is 36.4 Å². The summed E-state index contributed by atoms with van der Waals surface area (Å²) in [5, 5.41) is 21.3. The van der Waals surface area contributed by atoms with Crippen LogP contribution >= 0.6 is 0 Å². The van der Waals surface area contributed by atoms with E-state index in [2.05, 4.69) is 16.8 Å². The Morgan fingerprint density at radius 2 is 1.54 bits per heavy atom.